The number of aromatic amines is 1. The summed E-state index contributed by atoms with van der Waals surface area (Å²) in [5, 5.41) is 21.2. The molecule has 4 N–H and O–H groups in total. The minimum absolute atomic E-state index is 0.205. The maximum Gasteiger partial charge on any atom is 0.341 e. The number of aryl methyl sites for hydroxylation is 1. The normalized spacial score (nSPS) is 24.3. The summed E-state index contributed by atoms with van der Waals surface area (Å²) in [6, 6.07) is -1.34. The number of hydrogen-bond acceptors (Lipinski definition) is 6. The number of amides is 2. The number of H-pyrrole nitrogens is 1. The number of ether oxygens (including phenoxy) is 1. The van der Waals surface area contributed by atoms with E-state index in [-0.39, 0.29) is 13.0 Å². The summed E-state index contributed by atoms with van der Waals surface area (Å²) in [6.45, 7) is 1.18. The minimum Gasteiger partial charge on any atom is -0.394 e. The van der Waals surface area contributed by atoms with Crippen molar-refractivity contribution in [3.05, 3.63) is 32.6 Å². The van der Waals surface area contributed by atoms with Crippen LogP contribution in [0.2, 0.25) is 0 Å². The molecule has 3 unspecified atom stereocenters. The summed E-state index contributed by atoms with van der Waals surface area (Å²) in [6.07, 6.45) is 0.0984. The van der Waals surface area contributed by atoms with Crippen molar-refractivity contribution in [2.75, 3.05) is 13.7 Å². The molecule has 10 nitrogen and oxygen atoms in total. The highest BCUT2D eigenvalue weighted by molar-refractivity contribution is 5.72. The van der Waals surface area contributed by atoms with Gasteiger partial charge in [-0.3, -0.25) is 19.6 Å². The SMILES string of the molecule is Cc1cn(C2CC(NC(=O)N(C)O)C(CO)O2)c(=O)[nH]c1=O. The Bertz CT molecular complexity index is 666. The van der Waals surface area contributed by atoms with Crippen LogP contribution in [0.1, 0.15) is 18.2 Å². The number of aromatic nitrogens is 2. The molecule has 0 spiro atoms. The Balaban J connectivity index is 2.22. The van der Waals surface area contributed by atoms with Crippen LogP contribution >= 0.6 is 0 Å². The topological polar surface area (TPSA) is 137 Å². The van der Waals surface area contributed by atoms with Gasteiger partial charge in [0.05, 0.1) is 12.6 Å². The molecule has 1 aromatic rings. The molecule has 0 saturated carbocycles. The number of hydroxylamine groups is 2. The smallest absolute Gasteiger partial charge is 0.341 e. The lowest BCUT2D eigenvalue weighted by Crippen LogP contribution is -2.46. The van der Waals surface area contributed by atoms with Gasteiger partial charge in [-0.05, 0) is 6.92 Å². The molecule has 122 valence electrons. The van der Waals surface area contributed by atoms with E-state index < -0.39 is 35.7 Å². The first-order chi connectivity index (χ1) is 10.3. The Labute approximate surface area is 124 Å². The molecule has 1 aliphatic heterocycles. The van der Waals surface area contributed by atoms with E-state index >= 15 is 0 Å². The van der Waals surface area contributed by atoms with E-state index in [2.05, 4.69) is 10.3 Å². The van der Waals surface area contributed by atoms with Crippen LogP contribution < -0.4 is 16.6 Å². The van der Waals surface area contributed by atoms with Crippen molar-refractivity contribution in [1.29, 1.82) is 0 Å². The molecule has 10 heteroatoms. The van der Waals surface area contributed by atoms with E-state index in [0.717, 1.165) is 7.05 Å². The molecule has 1 aromatic heterocycles. The van der Waals surface area contributed by atoms with Gasteiger partial charge in [0, 0.05) is 25.2 Å². The molecule has 1 aliphatic rings. The zero-order valence-corrected chi connectivity index (χ0v) is 12.1. The Morgan fingerprint density at radius 3 is 2.86 bits per heavy atom. The molecule has 1 saturated heterocycles. The van der Waals surface area contributed by atoms with Gasteiger partial charge in [0.2, 0.25) is 0 Å². The van der Waals surface area contributed by atoms with Crippen LogP contribution in [0.5, 0.6) is 0 Å². The van der Waals surface area contributed by atoms with Crippen LogP contribution in [0, 0.1) is 6.92 Å². The molecule has 0 radical (unpaired) electrons. The fourth-order valence-electron chi connectivity index (χ4n) is 2.27. The lowest BCUT2D eigenvalue weighted by atomic mass is 10.1. The second kappa shape index (κ2) is 6.30. The third-order valence-corrected chi connectivity index (χ3v) is 3.48. The van der Waals surface area contributed by atoms with Crippen molar-refractivity contribution in [3.63, 3.8) is 0 Å². The van der Waals surface area contributed by atoms with Crippen LogP contribution in [-0.2, 0) is 4.74 Å². The molecule has 22 heavy (non-hydrogen) atoms. The third kappa shape index (κ3) is 3.18. The number of rotatable bonds is 3. The Kier molecular flexibility index (Phi) is 4.64. The van der Waals surface area contributed by atoms with Crippen molar-refractivity contribution >= 4 is 6.03 Å². The van der Waals surface area contributed by atoms with Crippen LogP contribution in [0.25, 0.3) is 0 Å². The summed E-state index contributed by atoms with van der Waals surface area (Å²) < 4.78 is 6.74. The number of carbonyl (C=O) groups is 1. The Morgan fingerprint density at radius 2 is 2.27 bits per heavy atom. The van der Waals surface area contributed by atoms with E-state index in [1.54, 1.807) is 6.92 Å². The molecule has 1 fully saturated rings. The average Bonchev–Trinajstić information content (AvgIpc) is 2.85. The molecule has 3 atom stereocenters. The average molecular weight is 314 g/mol. The van der Waals surface area contributed by atoms with E-state index in [1.165, 1.54) is 10.8 Å². The van der Waals surface area contributed by atoms with Gasteiger partial charge in [-0.25, -0.2) is 14.7 Å². The highest BCUT2D eigenvalue weighted by Crippen LogP contribution is 2.27. The number of nitrogens with zero attached hydrogens (tertiary/aromatic N) is 2. The van der Waals surface area contributed by atoms with E-state index in [1.807, 2.05) is 0 Å². The van der Waals surface area contributed by atoms with Crippen molar-refractivity contribution in [3.8, 4) is 0 Å². The van der Waals surface area contributed by atoms with Crippen LogP contribution in [0.4, 0.5) is 4.79 Å². The summed E-state index contributed by atoms with van der Waals surface area (Å²) in [7, 11) is 1.16. The van der Waals surface area contributed by atoms with Crippen LogP contribution in [-0.4, -0.2) is 56.8 Å². The molecule has 2 rings (SSSR count). The first-order valence-electron chi connectivity index (χ1n) is 6.65. The van der Waals surface area contributed by atoms with Crippen molar-refractivity contribution in [1.82, 2.24) is 19.9 Å². The first kappa shape index (κ1) is 16.2. The first-order valence-corrected chi connectivity index (χ1v) is 6.65. The molecule has 2 amide bonds. The van der Waals surface area contributed by atoms with Crippen LogP contribution in [0.15, 0.2) is 15.8 Å². The van der Waals surface area contributed by atoms with Gasteiger partial charge in [0.25, 0.3) is 5.56 Å². The number of hydrogen-bond donors (Lipinski definition) is 4. The summed E-state index contributed by atoms with van der Waals surface area (Å²) >= 11 is 0. The predicted octanol–water partition coefficient (Wildman–Crippen LogP) is -1.48. The summed E-state index contributed by atoms with van der Waals surface area (Å²) in [4.78, 5) is 36.9. The largest absolute Gasteiger partial charge is 0.394 e. The van der Waals surface area contributed by atoms with Gasteiger partial charge in [0.1, 0.15) is 12.3 Å². The Morgan fingerprint density at radius 1 is 1.59 bits per heavy atom. The molecule has 0 aliphatic carbocycles. The van der Waals surface area contributed by atoms with E-state index in [0.29, 0.717) is 10.6 Å². The minimum atomic E-state index is -0.752. The highest BCUT2D eigenvalue weighted by Gasteiger charge is 2.37. The zero-order valence-electron chi connectivity index (χ0n) is 12.1. The van der Waals surface area contributed by atoms with Gasteiger partial charge in [-0.1, -0.05) is 0 Å². The summed E-state index contributed by atoms with van der Waals surface area (Å²) in [5.74, 6) is 0. The fraction of sp³-hybridized carbons (Fsp3) is 0.583. The van der Waals surface area contributed by atoms with Crippen LogP contribution in [0.3, 0.4) is 0 Å². The number of carbonyl (C=O) groups excluding carboxylic acids is 1. The van der Waals surface area contributed by atoms with E-state index in [4.69, 9.17) is 9.94 Å². The molecular weight excluding hydrogens is 296 g/mol. The van der Waals surface area contributed by atoms with Gasteiger partial charge in [-0.2, -0.15) is 0 Å². The third-order valence-electron chi connectivity index (χ3n) is 3.48. The standard InChI is InChI=1S/C12H18N4O6/c1-6-4-16(12(20)14-10(6)18)9-3-7(8(5-17)22-9)13-11(19)15(2)21/h4,7-9,17,21H,3,5H2,1-2H3,(H,13,19)(H,14,18,20). The van der Waals surface area contributed by atoms with Gasteiger partial charge < -0.3 is 15.2 Å². The number of nitrogens with one attached hydrogen (secondary N) is 2. The fourth-order valence-corrected chi connectivity index (χ4v) is 2.27. The monoisotopic (exact) mass is 314 g/mol. The maximum atomic E-state index is 11.8. The zero-order chi connectivity index (χ0) is 16.4. The second-order valence-corrected chi connectivity index (χ2v) is 5.11. The van der Waals surface area contributed by atoms with Crippen molar-refractivity contribution < 1.29 is 19.8 Å². The number of aliphatic hydroxyl groups excluding tert-OH is 1. The number of aliphatic hydroxyl groups is 1. The van der Waals surface area contributed by atoms with Gasteiger partial charge >= 0.3 is 11.7 Å². The summed E-state index contributed by atoms with van der Waals surface area (Å²) in [5.41, 5.74) is -0.778. The number of urea groups is 1. The quantitative estimate of drug-likeness (QED) is 0.397. The van der Waals surface area contributed by atoms with Crippen molar-refractivity contribution in [2.45, 2.75) is 31.7 Å². The van der Waals surface area contributed by atoms with Gasteiger partial charge in [0.15, 0.2) is 0 Å². The predicted molar refractivity (Wildman–Crippen MR) is 73.5 cm³/mol. The van der Waals surface area contributed by atoms with Gasteiger partial charge in [-0.15, -0.1) is 0 Å². The van der Waals surface area contributed by atoms with Crippen molar-refractivity contribution in [2.24, 2.45) is 0 Å². The lowest BCUT2D eigenvalue weighted by molar-refractivity contribution is -0.0343. The molecule has 0 bridgehead atoms. The maximum absolute atomic E-state index is 11.8. The molecule has 2 heterocycles. The molecule has 0 aromatic carbocycles. The Hall–Kier alpha value is -2.17. The highest BCUT2D eigenvalue weighted by atomic mass is 16.5. The lowest BCUT2D eigenvalue weighted by Gasteiger charge is -2.19. The molecular formula is C12H18N4O6. The second-order valence-electron chi connectivity index (χ2n) is 5.11. The van der Waals surface area contributed by atoms with E-state index in [9.17, 15) is 19.5 Å².